The number of anilines is 2. The minimum atomic E-state index is -0.655. The van der Waals surface area contributed by atoms with Crippen LogP contribution in [0.2, 0.25) is 0 Å². The Balaban J connectivity index is 1.80. The average Bonchev–Trinajstić information content (AvgIpc) is 3.24. The first kappa shape index (κ1) is 18.2. The molecular weight excluding hydrogens is 375 g/mol. The highest BCUT2D eigenvalue weighted by Gasteiger charge is 2.35. The molecule has 0 bridgehead atoms. The number of halogens is 1. The number of aldehydes is 1. The van der Waals surface area contributed by atoms with Crippen LogP contribution in [0.3, 0.4) is 0 Å². The number of ether oxygens (including phenoxy) is 1. The largest absolute Gasteiger partial charge is 0.375 e. The zero-order valence-corrected chi connectivity index (χ0v) is 15.5. The summed E-state index contributed by atoms with van der Waals surface area (Å²) in [5.41, 5.74) is 5.94. The fourth-order valence-corrected chi connectivity index (χ4v) is 4.37. The van der Waals surface area contributed by atoms with Gasteiger partial charge in [-0.25, -0.2) is 4.39 Å². The van der Waals surface area contributed by atoms with Gasteiger partial charge in [0.2, 0.25) is 5.58 Å². The number of hydrogen-bond acceptors (Lipinski definition) is 8. The molecule has 2 N–H and O–H groups in total. The molecule has 2 unspecified atom stereocenters. The van der Waals surface area contributed by atoms with Gasteiger partial charge < -0.3 is 19.9 Å². The Kier molecular flexibility index (Phi) is 4.79. The van der Waals surface area contributed by atoms with E-state index in [-0.39, 0.29) is 39.2 Å². The van der Waals surface area contributed by atoms with E-state index in [4.69, 9.17) is 15.0 Å². The van der Waals surface area contributed by atoms with Gasteiger partial charge in [-0.05, 0) is 13.0 Å². The van der Waals surface area contributed by atoms with Crippen LogP contribution in [0, 0.1) is 5.82 Å². The zero-order valence-electron chi connectivity index (χ0n) is 14.7. The summed E-state index contributed by atoms with van der Waals surface area (Å²) in [7, 11) is 0. The van der Waals surface area contributed by atoms with Gasteiger partial charge in [0, 0.05) is 37.0 Å². The van der Waals surface area contributed by atoms with E-state index in [0.29, 0.717) is 44.5 Å². The molecule has 1 aromatic carbocycles. The number of morpholine rings is 1. The van der Waals surface area contributed by atoms with Gasteiger partial charge in [-0.1, -0.05) is 16.9 Å². The van der Waals surface area contributed by atoms with Crippen LogP contribution in [0.5, 0.6) is 0 Å². The first-order valence-electron chi connectivity index (χ1n) is 8.65. The van der Waals surface area contributed by atoms with Gasteiger partial charge in [-0.3, -0.25) is 14.5 Å². The van der Waals surface area contributed by atoms with Gasteiger partial charge in [0.25, 0.3) is 5.24 Å². The Labute approximate surface area is 158 Å². The highest BCUT2D eigenvalue weighted by molar-refractivity contribution is 8.14. The Morgan fingerprint density at radius 2 is 2.30 bits per heavy atom. The molecule has 2 aliphatic rings. The number of carbonyl (C=O) groups is 2. The molecule has 2 saturated heterocycles. The SMILES string of the molecule is CC1CN(c2c(C=O)cc3c(N4CC(CN)SC4=O)noc3c2F)CCO1. The van der Waals surface area contributed by atoms with Gasteiger partial charge in [0.05, 0.1) is 23.8 Å². The zero-order chi connectivity index (χ0) is 19.1. The normalized spacial score (nSPS) is 23.4. The number of nitrogens with two attached hydrogens (primary N) is 1. The molecule has 0 saturated carbocycles. The van der Waals surface area contributed by atoms with Crippen molar-refractivity contribution in [1.82, 2.24) is 5.16 Å². The third-order valence-corrected chi connectivity index (χ3v) is 5.86. The minimum absolute atomic E-state index is 0.0613. The second-order valence-electron chi connectivity index (χ2n) is 6.61. The van der Waals surface area contributed by atoms with E-state index in [9.17, 15) is 9.59 Å². The number of hydrogen-bond donors (Lipinski definition) is 1. The van der Waals surface area contributed by atoms with E-state index in [0.717, 1.165) is 11.8 Å². The first-order chi connectivity index (χ1) is 13.0. The lowest BCUT2D eigenvalue weighted by molar-refractivity contribution is 0.0529. The number of amides is 1. The summed E-state index contributed by atoms with van der Waals surface area (Å²) in [4.78, 5) is 27.1. The third-order valence-electron chi connectivity index (χ3n) is 4.77. The van der Waals surface area contributed by atoms with E-state index >= 15 is 4.39 Å². The monoisotopic (exact) mass is 394 g/mol. The molecule has 144 valence electrons. The van der Waals surface area contributed by atoms with Gasteiger partial charge in [-0.15, -0.1) is 0 Å². The number of thioether (sulfide) groups is 1. The van der Waals surface area contributed by atoms with Crippen molar-refractivity contribution < 1.29 is 23.2 Å². The second-order valence-corrected chi connectivity index (χ2v) is 7.86. The van der Waals surface area contributed by atoms with Gasteiger partial charge >= 0.3 is 0 Å². The predicted molar refractivity (Wildman–Crippen MR) is 100 cm³/mol. The van der Waals surface area contributed by atoms with Crippen LogP contribution < -0.4 is 15.5 Å². The highest BCUT2D eigenvalue weighted by atomic mass is 32.2. The van der Waals surface area contributed by atoms with Crippen LogP contribution >= 0.6 is 11.8 Å². The molecule has 0 spiro atoms. The summed E-state index contributed by atoms with van der Waals surface area (Å²) in [6.07, 6.45) is 0.531. The minimum Gasteiger partial charge on any atom is -0.375 e. The van der Waals surface area contributed by atoms with Crippen molar-refractivity contribution in [1.29, 1.82) is 0 Å². The molecular formula is C17H19FN4O4S. The summed E-state index contributed by atoms with van der Waals surface area (Å²) >= 11 is 1.12. The predicted octanol–water partition coefficient (Wildman–Crippen LogP) is 2.01. The molecule has 0 aliphatic carbocycles. The van der Waals surface area contributed by atoms with Crippen molar-refractivity contribution in [3.05, 3.63) is 17.4 Å². The molecule has 4 rings (SSSR count). The number of aromatic nitrogens is 1. The Morgan fingerprint density at radius 3 is 2.96 bits per heavy atom. The average molecular weight is 394 g/mol. The maximum absolute atomic E-state index is 15.3. The smallest absolute Gasteiger partial charge is 0.287 e. The quantitative estimate of drug-likeness (QED) is 0.786. The Bertz CT molecular complexity index is 905. The molecule has 2 fully saturated rings. The summed E-state index contributed by atoms with van der Waals surface area (Å²) in [5, 5.41) is 3.92. The summed E-state index contributed by atoms with van der Waals surface area (Å²) in [6, 6.07) is 1.53. The fourth-order valence-electron chi connectivity index (χ4n) is 3.48. The standard InChI is InChI=1S/C17H19FN4O4S/c1-9-6-21(2-3-25-9)14-10(8-23)4-12-15(13(14)18)26-20-16(12)22-7-11(5-19)27-17(22)24/h4,8-9,11H,2-3,5-7,19H2,1H3. The number of carbonyl (C=O) groups excluding carboxylic acids is 2. The molecule has 3 heterocycles. The van der Waals surface area contributed by atoms with E-state index in [1.54, 1.807) is 4.90 Å². The molecule has 2 aliphatic heterocycles. The highest BCUT2D eigenvalue weighted by Crippen LogP contribution is 2.39. The van der Waals surface area contributed by atoms with Gasteiger partial charge in [-0.2, -0.15) is 0 Å². The Hall–Kier alpha value is -2.17. The lowest BCUT2D eigenvalue weighted by Crippen LogP contribution is -2.42. The van der Waals surface area contributed by atoms with Crippen molar-refractivity contribution in [3.8, 4) is 0 Å². The van der Waals surface area contributed by atoms with E-state index in [1.807, 2.05) is 6.92 Å². The molecule has 1 amide bonds. The van der Waals surface area contributed by atoms with Crippen molar-refractivity contribution in [2.45, 2.75) is 18.3 Å². The molecule has 27 heavy (non-hydrogen) atoms. The van der Waals surface area contributed by atoms with Crippen LogP contribution in [0.4, 0.5) is 20.7 Å². The van der Waals surface area contributed by atoms with E-state index in [2.05, 4.69) is 5.16 Å². The summed E-state index contributed by atoms with van der Waals surface area (Å²) in [5.74, 6) is -0.445. The van der Waals surface area contributed by atoms with Gasteiger partial charge in [0.15, 0.2) is 17.9 Å². The van der Waals surface area contributed by atoms with Crippen molar-refractivity contribution >= 4 is 45.8 Å². The number of fused-ring (bicyclic) bond motifs is 1. The molecule has 8 nitrogen and oxygen atoms in total. The maximum Gasteiger partial charge on any atom is 0.287 e. The van der Waals surface area contributed by atoms with E-state index in [1.165, 1.54) is 11.0 Å². The topological polar surface area (TPSA) is 102 Å². The number of nitrogens with zero attached hydrogens (tertiary/aromatic N) is 3. The summed E-state index contributed by atoms with van der Waals surface area (Å²) in [6.45, 7) is 3.97. The molecule has 2 atom stereocenters. The maximum atomic E-state index is 15.3. The van der Waals surface area contributed by atoms with Gasteiger partial charge in [0.1, 0.15) is 0 Å². The molecule has 1 aromatic heterocycles. The van der Waals surface area contributed by atoms with Crippen molar-refractivity contribution in [2.24, 2.45) is 5.73 Å². The lowest BCUT2D eigenvalue weighted by Gasteiger charge is -2.33. The molecule has 10 heteroatoms. The molecule has 0 radical (unpaired) electrons. The van der Waals surface area contributed by atoms with Crippen LogP contribution in [-0.2, 0) is 4.74 Å². The van der Waals surface area contributed by atoms with Crippen LogP contribution in [0.1, 0.15) is 17.3 Å². The van der Waals surface area contributed by atoms with Crippen LogP contribution in [0.25, 0.3) is 11.0 Å². The van der Waals surface area contributed by atoms with Crippen LogP contribution in [0.15, 0.2) is 10.6 Å². The lowest BCUT2D eigenvalue weighted by atomic mass is 10.1. The van der Waals surface area contributed by atoms with Crippen LogP contribution in [-0.4, -0.2) is 60.8 Å². The summed E-state index contributed by atoms with van der Waals surface area (Å²) < 4.78 is 26.0. The van der Waals surface area contributed by atoms with Crippen molar-refractivity contribution in [3.63, 3.8) is 0 Å². The first-order valence-corrected chi connectivity index (χ1v) is 9.53. The molecule has 2 aromatic rings. The second kappa shape index (κ2) is 7.10. The third kappa shape index (κ3) is 3.07. The fraction of sp³-hybridized carbons (Fsp3) is 0.471. The number of rotatable bonds is 4. The van der Waals surface area contributed by atoms with E-state index < -0.39 is 5.82 Å². The van der Waals surface area contributed by atoms with Crippen molar-refractivity contribution in [2.75, 3.05) is 42.6 Å². The number of benzene rings is 1. The Morgan fingerprint density at radius 1 is 1.48 bits per heavy atom.